The number of pyridine rings is 3. The Bertz CT molecular complexity index is 1290. The standard InChI is InChI=1S/C19H16FN5O.C2HF3O2/c20-14-10-23-19-17(18(14)25-4-6-26-7-5-25)13-8-15(22-11-16(13)24-19)12-2-1-3-21-9-12;3-2(4,5)1(6)7/h1-3,8-11H,4-7H2,(H,23,24);(H,6,7). The van der Waals surface area contributed by atoms with Crippen molar-refractivity contribution in [1.82, 2.24) is 19.9 Å². The van der Waals surface area contributed by atoms with Gasteiger partial charge >= 0.3 is 12.1 Å². The molecule has 0 unspecified atom stereocenters. The van der Waals surface area contributed by atoms with Crippen molar-refractivity contribution in [2.24, 2.45) is 0 Å². The third-order valence-electron chi connectivity index (χ3n) is 4.96. The number of fused-ring (bicyclic) bond motifs is 3. The summed E-state index contributed by atoms with van der Waals surface area (Å²) in [5.74, 6) is -3.08. The number of morpholine rings is 1. The summed E-state index contributed by atoms with van der Waals surface area (Å²) in [6, 6.07) is 5.80. The molecule has 5 heterocycles. The van der Waals surface area contributed by atoms with Gasteiger partial charge in [-0.2, -0.15) is 13.2 Å². The third kappa shape index (κ3) is 4.70. The first-order chi connectivity index (χ1) is 15.8. The maximum absolute atomic E-state index is 14.7. The number of carboxylic acids is 1. The number of carboxylic acid groups (broad SMARTS) is 1. The molecule has 0 aliphatic carbocycles. The minimum absolute atomic E-state index is 0.319. The number of rotatable bonds is 2. The smallest absolute Gasteiger partial charge is 0.475 e. The molecule has 1 saturated heterocycles. The van der Waals surface area contributed by atoms with Crippen molar-refractivity contribution in [3.05, 3.63) is 48.8 Å². The first kappa shape index (κ1) is 22.4. The second kappa shape index (κ2) is 8.98. The zero-order valence-corrected chi connectivity index (χ0v) is 16.9. The van der Waals surface area contributed by atoms with E-state index in [4.69, 9.17) is 14.6 Å². The van der Waals surface area contributed by atoms with Crippen molar-refractivity contribution < 1.29 is 32.2 Å². The molecule has 4 aromatic heterocycles. The number of aliphatic carboxylic acids is 1. The van der Waals surface area contributed by atoms with Crippen LogP contribution in [-0.4, -0.2) is 63.5 Å². The number of aromatic nitrogens is 4. The number of ether oxygens (including phenoxy) is 1. The molecule has 4 aromatic rings. The Kier molecular flexibility index (Phi) is 6.09. The molecule has 0 radical (unpaired) electrons. The largest absolute Gasteiger partial charge is 0.490 e. The lowest BCUT2D eigenvalue weighted by molar-refractivity contribution is -0.192. The normalized spacial score (nSPS) is 14.2. The molecule has 1 aliphatic heterocycles. The minimum atomic E-state index is -5.08. The van der Waals surface area contributed by atoms with Gasteiger partial charge < -0.3 is 19.7 Å². The zero-order valence-electron chi connectivity index (χ0n) is 16.9. The lowest BCUT2D eigenvalue weighted by Gasteiger charge is -2.29. The summed E-state index contributed by atoms with van der Waals surface area (Å²) in [6.07, 6.45) is 1.45. The Balaban J connectivity index is 0.000000325. The molecule has 0 atom stereocenters. The lowest BCUT2D eigenvalue weighted by Crippen LogP contribution is -2.36. The molecule has 5 rings (SSSR count). The summed E-state index contributed by atoms with van der Waals surface area (Å²) < 4.78 is 51.9. The Labute approximate surface area is 183 Å². The predicted octanol–water partition coefficient (Wildman–Crippen LogP) is 3.78. The van der Waals surface area contributed by atoms with Gasteiger partial charge in [-0.15, -0.1) is 0 Å². The summed E-state index contributed by atoms with van der Waals surface area (Å²) in [5, 5.41) is 8.82. The zero-order chi connectivity index (χ0) is 23.6. The summed E-state index contributed by atoms with van der Waals surface area (Å²) in [6.45, 7) is 2.49. The minimum Gasteiger partial charge on any atom is -0.475 e. The number of hydrogen-bond acceptors (Lipinski definition) is 6. The van der Waals surface area contributed by atoms with Crippen LogP contribution in [0.4, 0.5) is 23.2 Å². The van der Waals surface area contributed by atoms with Crippen molar-refractivity contribution in [3.63, 3.8) is 0 Å². The van der Waals surface area contributed by atoms with Crippen molar-refractivity contribution in [1.29, 1.82) is 0 Å². The van der Waals surface area contributed by atoms with Gasteiger partial charge in [0, 0.05) is 36.4 Å². The van der Waals surface area contributed by atoms with Gasteiger partial charge in [0.25, 0.3) is 0 Å². The molecule has 172 valence electrons. The molecular formula is C21H17F4N5O3. The highest BCUT2D eigenvalue weighted by Crippen LogP contribution is 2.36. The number of nitrogens with zero attached hydrogens (tertiary/aromatic N) is 4. The van der Waals surface area contributed by atoms with Crippen LogP contribution in [0.3, 0.4) is 0 Å². The van der Waals surface area contributed by atoms with E-state index < -0.39 is 12.1 Å². The average Bonchev–Trinajstić information content (AvgIpc) is 3.18. The number of nitrogens with one attached hydrogen (secondary N) is 1. The van der Waals surface area contributed by atoms with Crippen LogP contribution < -0.4 is 4.90 Å². The third-order valence-corrected chi connectivity index (χ3v) is 4.96. The highest BCUT2D eigenvalue weighted by atomic mass is 19.4. The van der Waals surface area contributed by atoms with Gasteiger partial charge in [0.2, 0.25) is 0 Å². The Morgan fingerprint density at radius 1 is 1.15 bits per heavy atom. The SMILES string of the molecule is Fc1cnc2[nH]c3cnc(-c4cccnc4)cc3c2c1N1CCOCC1.O=C(O)C(F)(F)F. The van der Waals surface area contributed by atoms with Crippen LogP contribution in [0.15, 0.2) is 43.0 Å². The summed E-state index contributed by atoms with van der Waals surface area (Å²) in [7, 11) is 0. The maximum Gasteiger partial charge on any atom is 0.490 e. The van der Waals surface area contributed by atoms with E-state index in [1.807, 2.05) is 23.1 Å². The van der Waals surface area contributed by atoms with E-state index in [2.05, 4.69) is 19.9 Å². The van der Waals surface area contributed by atoms with Crippen molar-refractivity contribution >= 4 is 33.6 Å². The second-order valence-corrected chi connectivity index (χ2v) is 7.06. The lowest BCUT2D eigenvalue weighted by atomic mass is 10.1. The van der Waals surface area contributed by atoms with E-state index in [0.29, 0.717) is 37.6 Å². The van der Waals surface area contributed by atoms with Gasteiger partial charge in [0.1, 0.15) is 5.65 Å². The summed E-state index contributed by atoms with van der Waals surface area (Å²) in [4.78, 5) is 27.1. The van der Waals surface area contributed by atoms with E-state index in [-0.39, 0.29) is 5.82 Å². The summed E-state index contributed by atoms with van der Waals surface area (Å²) >= 11 is 0. The molecule has 33 heavy (non-hydrogen) atoms. The van der Waals surface area contributed by atoms with Gasteiger partial charge in [-0.1, -0.05) is 0 Å². The first-order valence-electron chi connectivity index (χ1n) is 9.75. The van der Waals surface area contributed by atoms with Gasteiger partial charge in [-0.25, -0.2) is 14.2 Å². The molecule has 2 N–H and O–H groups in total. The van der Waals surface area contributed by atoms with E-state index in [1.165, 1.54) is 6.20 Å². The molecule has 1 aliphatic rings. The number of anilines is 1. The van der Waals surface area contributed by atoms with Gasteiger partial charge in [-0.3, -0.25) is 9.97 Å². The van der Waals surface area contributed by atoms with Crippen LogP contribution in [-0.2, 0) is 9.53 Å². The van der Waals surface area contributed by atoms with E-state index in [9.17, 15) is 17.6 Å². The van der Waals surface area contributed by atoms with Gasteiger partial charge in [0.05, 0.1) is 47.9 Å². The predicted molar refractivity (Wildman–Crippen MR) is 111 cm³/mol. The maximum atomic E-state index is 14.7. The van der Waals surface area contributed by atoms with Crippen LogP contribution >= 0.6 is 0 Å². The first-order valence-corrected chi connectivity index (χ1v) is 9.75. The van der Waals surface area contributed by atoms with E-state index in [0.717, 1.165) is 27.5 Å². The summed E-state index contributed by atoms with van der Waals surface area (Å²) in [5.41, 5.74) is 3.78. The highest BCUT2D eigenvalue weighted by molar-refractivity contribution is 6.12. The molecule has 0 amide bonds. The Morgan fingerprint density at radius 2 is 1.88 bits per heavy atom. The molecule has 12 heteroatoms. The van der Waals surface area contributed by atoms with Crippen LogP contribution in [0, 0.1) is 5.82 Å². The second-order valence-electron chi connectivity index (χ2n) is 7.06. The van der Waals surface area contributed by atoms with Crippen LogP contribution in [0.5, 0.6) is 0 Å². The van der Waals surface area contributed by atoms with Gasteiger partial charge in [-0.05, 0) is 18.2 Å². The molecule has 0 spiro atoms. The number of H-pyrrole nitrogens is 1. The molecule has 0 aromatic carbocycles. The van der Waals surface area contributed by atoms with Crippen molar-refractivity contribution in [2.45, 2.75) is 6.18 Å². The number of aromatic amines is 1. The van der Waals surface area contributed by atoms with Crippen LogP contribution in [0.1, 0.15) is 0 Å². The molecule has 8 nitrogen and oxygen atoms in total. The topological polar surface area (TPSA) is 104 Å². The van der Waals surface area contributed by atoms with E-state index >= 15 is 0 Å². The molecule has 1 fully saturated rings. The van der Waals surface area contributed by atoms with Crippen LogP contribution in [0.2, 0.25) is 0 Å². The number of alkyl halides is 3. The van der Waals surface area contributed by atoms with Crippen LogP contribution in [0.25, 0.3) is 33.2 Å². The number of halogens is 4. The van der Waals surface area contributed by atoms with Crippen molar-refractivity contribution in [2.75, 3.05) is 31.2 Å². The Morgan fingerprint density at radius 3 is 2.52 bits per heavy atom. The average molecular weight is 463 g/mol. The van der Waals surface area contributed by atoms with E-state index in [1.54, 1.807) is 18.6 Å². The molecule has 0 bridgehead atoms. The monoisotopic (exact) mass is 463 g/mol. The number of carbonyl (C=O) groups is 1. The molecule has 0 saturated carbocycles. The highest BCUT2D eigenvalue weighted by Gasteiger charge is 2.38. The Hall–Kier alpha value is -3.80. The fourth-order valence-corrected chi connectivity index (χ4v) is 3.49. The molecular weight excluding hydrogens is 446 g/mol. The van der Waals surface area contributed by atoms with Gasteiger partial charge in [0.15, 0.2) is 5.82 Å². The fraction of sp³-hybridized carbons (Fsp3) is 0.238. The number of hydrogen-bond donors (Lipinski definition) is 2. The van der Waals surface area contributed by atoms with Crippen molar-refractivity contribution in [3.8, 4) is 11.3 Å². The fourth-order valence-electron chi connectivity index (χ4n) is 3.49. The quantitative estimate of drug-likeness (QED) is 0.436.